The van der Waals surface area contributed by atoms with Crippen LogP contribution < -0.4 is 0 Å². The zero-order valence-corrected chi connectivity index (χ0v) is 44.9. The smallest absolute Gasteiger partial charge is 0.306 e. The molecule has 0 N–H and O–H groups in total. The highest BCUT2D eigenvalue weighted by Gasteiger charge is 2.19. The lowest BCUT2D eigenvalue weighted by Gasteiger charge is -2.18. The molecular formula is C61H112O6. The molecule has 0 aromatic rings. The predicted molar refractivity (Wildman–Crippen MR) is 289 cm³/mol. The molecule has 392 valence electrons. The van der Waals surface area contributed by atoms with E-state index in [4.69, 9.17) is 14.2 Å². The summed E-state index contributed by atoms with van der Waals surface area (Å²) in [6.07, 6.45) is 67.1. The average molecular weight is 942 g/mol. The molecule has 0 heterocycles. The van der Waals surface area contributed by atoms with E-state index in [1.165, 1.54) is 193 Å². The third-order valence-corrected chi connectivity index (χ3v) is 13.1. The summed E-state index contributed by atoms with van der Waals surface area (Å²) in [6.45, 7) is 6.57. The summed E-state index contributed by atoms with van der Waals surface area (Å²) >= 11 is 0. The Bertz CT molecular complexity index is 1130. The first-order valence-electron chi connectivity index (χ1n) is 29.5. The number of hydrogen-bond acceptors (Lipinski definition) is 6. The Balaban J connectivity index is 4.33. The molecule has 1 atom stereocenters. The summed E-state index contributed by atoms with van der Waals surface area (Å²) in [5, 5.41) is 0. The van der Waals surface area contributed by atoms with Crippen molar-refractivity contribution < 1.29 is 28.6 Å². The van der Waals surface area contributed by atoms with Gasteiger partial charge in [-0.2, -0.15) is 0 Å². The van der Waals surface area contributed by atoms with Crippen LogP contribution >= 0.6 is 0 Å². The molecule has 1 unspecified atom stereocenters. The first-order valence-corrected chi connectivity index (χ1v) is 29.5. The summed E-state index contributed by atoms with van der Waals surface area (Å²) < 4.78 is 16.9. The van der Waals surface area contributed by atoms with Gasteiger partial charge in [0.15, 0.2) is 6.10 Å². The molecule has 0 bridgehead atoms. The van der Waals surface area contributed by atoms with Gasteiger partial charge in [0.25, 0.3) is 0 Å². The van der Waals surface area contributed by atoms with Crippen LogP contribution in [0.5, 0.6) is 0 Å². The van der Waals surface area contributed by atoms with Crippen LogP contribution in [0.3, 0.4) is 0 Å². The van der Waals surface area contributed by atoms with Gasteiger partial charge < -0.3 is 14.2 Å². The van der Waals surface area contributed by atoms with Crippen molar-refractivity contribution >= 4 is 17.9 Å². The van der Waals surface area contributed by atoms with E-state index in [1.54, 1.807) is 0 Å². The van der Waals surface area contributed by atoms with Gasteiger partial charge >= 0.3 is 17.9 Å². The molecule has 0 rings (SSSR count). The average Bonchev–Trinajstić information content (AvgIpc) is 3.33. The van der Waals surface area contributed by atoms with Gasteiger partial charge in [0, 0.05) is 19.3 Å². The van der Waals surface area contributed by atoms with Crippen molar-refractivity contribution in [3.05, 3.63) is 36.5 Å². The van der Waals surface area contributed by atoms with Crippen LogP contribution in [-0.4, -0.2) is 37.2 Å². The Morgan fingerprint density at radius 1 is 0.313 bits per heavy atom. The van der Waals surface area contributed by atoms with E-state index in [2.05, 4.69) is 57.2 Å². The molecule has 0 aliphatic heterocycles. The maximum absolute atomic E-state index is 12.9. The van der Waals surface area contributed by atoms with Gasteiger partial charge in [-0.3, -0.25) is 14.4 Å². The lowest BCUT2D eigenvalue weighted by atomic mass is 10.0. The SMILES string of the molecule is CC/C=C\C/C=C\CCCCCCCCCC(=O)OCC(COC(=O)CCCCCCCCCCCCCCCCCCCCC)OC(=O)CCCCCCC/C=C\CCCCCCCCC. The van der Waals surface area contributed by atoms with Gasteiger partial charge in [-0.25, -0.2) is 0 Å². The topological polar surface area (TPSA) is 78.9 Å². The van der Waals surface area contributed by atoms with Crippen molar-refractivity contribution in [2.75, 3.05) is 13.2 Å². The molecule has 0 aromatic carbocycles. The Kier molecular flexibility index (Phi) is 54.2. The van der Waals surface area contributed by atoms with E-state index < -0.39 is 6.10 Å². The Hall–Kier alpha value is -2.37. The summed E-state index contributed by atoms with van der Waals surface area (Å²) in [5.41, 5.74) is 0. The van der Waals surface area contributed by atoms with Crippen LogP contribution in [-0.2, 0) is 28.6 Å². The number of carbonyl (C=O) groups excluding carboxylic acids is 3. The van der Waals surface area contributed by atoms with Crippen LogP contribution in [0.15, 0.2) is 36.5 Å². The molecule has 0 fully saturated rings. The van der Waals surface area contributed by atoms with Crippen LogP contribution in [0.4, 0.5) is 0 Å². The number of ether oxygens (including phenoxy) is 3. The van der Waals surface area contributed by atoms with E-state index >= 15 is 0 Å². The summed E-state index contributed by atoms with van der Waals surface area (Å²) in [6, 6.07) is 0. The van der Waals surface area contributed by atoms with Crippen LogP contribution in [0, 0.1) is 0 Å². The van der Waals surface area contributed by atoms with Crippen molar-refractivity contribution in [1.82, 2.24) is 0 Å². The number of carbonyl (C=O) groups is 3. The minimum absolute atomic E-state index is 0.0743. The normalized spacial score (nSPS) is 12.2. The maximum atomic E-state index is 12.9. The molecule has 0 spiro atoms. The van der Waals surface area contributed by atoms with E-state index in [0.29, 0.717) is 19.3 Å². The fourth-order valence-electron chi connectivity index (χ4n) is 8.71. The minimum atomic E-state index is -0.777. The first kappa shape index (κ1) is 64.6. The van der Waals surface area contributed by atoms with Crippen molar-refractivity contribution in [2.24, 2.45) is 0 Å². The molecule has 0 saturated carbocycles. The zero-order valence-electron chi connectivity index (χ0n) is 44.9. The highest BCUT2D eigenvalue weighted by Crippen LogP contribution is 2.17. The Morgan fingerprint density at radius 2 is 0.582 bits per heavy atom. The lowest BCUT2D eigenvalue weighted by Crippen LogP contribution is -2.30. The number of allylic oxidation sites excluding steroid dienone is 6. The first-order chi connectivity index (χ1) is 33.0. The van der Waals surface area contributed by atoms with Gasteiger partial charge in [0.2, 0.25) is 0 Å². The highest BCUT2D eigenvalue weighted by atomic mass is 16.6. The van der Waals surface area contributed by atoms with Gasteiger partial charge in [-0.05, 0) is 70.6 Å². The van der Waals surface area contributed by atoms with Crippen molar-refractivity contribution in [3.63, 3.8) is 0 Å². The number of rotatable bonds is 54. The molecule has 0 saturated heterocycles. The van der Waals surface area contributed by atoms with Crippen LogP contribution in [0.1, 0.15) is 316 Å². The van der Waals surface area contributed by atoms with Gasteiger partial charge in [-0.15, -0.1) is 0 Å². The van der Waals surface area contributed by atoms with E-state index in [0.717, 1.165) is 83.5 Å². The second-order valence-electron chi connectivity index (χ2n) is 19.9. The Morgan fingerprint density at radius 3 is 0.910 bits per heavy atom. The fourth-order valence-corrected chi connectivity index (χ4v) is 8.71. The molecule has 0 radical (unpaired) electrons. The second-order valence-corrected chi connectivity index (χ2v) is 19.9. The standard InChI is InChI=1S/C61H112O6/c1-4-7-10-13-16-19-22-25-28-30-31-32-34-36-39-42-45-48-51-54-60(63)66-57-58(56-65-59(62)53-50-47-44-41-38-35-27-24-21-18-15-12-9-6-3)67-61(64)55-52-49-46-43-40-37-33-29-26-23-20-17-14-11-8-5-2/h9,12,18,21,29,33,58H,4-8,10-11,13-17,19-20,22-28,30-32,34-57H2,1-3H3/b12-9-,21-18-,33-29-. The second kappa shape index (κ2) is 56.2. The lowest BCUT2D eigenvalue weighted by molar-refractivity contribution is -0.167. The van der Waals surface area contributed by atoms with E-state index in [-0.39, 0.29) is 31.1 Å². The van der Waals surface area contributed by atoms with E-state index in [9.17, 15) is 14.4 Å². The fraction of sp³-hybridized carbons (Fsp3) is 0.852. The Labute approximate surface area is 416 Å². The predicted octanol–water partition coefficient (Wildman–Crippen LogP) is 19.7. The molecule has 6 heteroatoms. The quantitative estimate of drug-likeness (QED) is 0.0262. The molecule has 0 aliphatic carbocycles. The maximum Gasteiger partial charge on any atom is 0.306 e. The summed E-state index contributed by atoms with van der Waals surface area (Å²) in [4.78, 5) is 38.2. The zero-order chi connectivity index (χ0) is 48.6. The number of hydrogen-bond donors (Lipinski definition) is 0. The molecule has 6 nitrogen and oxygen atoms in total. The van der Waals surface area contributed by atoms with E-state index in [1.807, 2.05) is 0 Å². The summed E-state index contributed by atoms with van der Waals surface area (Å²) in [7, 11) is 0. The van der Waals surface area contributed by atoms with Crippen LogP contribution in [0.2, 0.25) is 0 Å². The third kappa shape index (κ3) is 54.4. The minimum Gasteiger partial charge on any atom is -0.462 e. The van der Waals surface area contributed by atoms with Gasteiger partial charge in [0.05, 0.1) is 0 Å². The van der Waals surface area contributed by atoms with Crippen molar-refractivity contribution in [3.8, 4) is 0 Å². The molecular weight excluding hydrogens is 829 g/mol. The number of esters is 3. The van der Waals surface area contributed by atoms with Gasteiger partial charge in [0.1, 0.15) is 13.2 Å². The highest BCUT2D eigenvalue weighted by molar-refractivity contribution is 5.71. The monoisotopic (exact) mass is 941 g/mol. The van der Waals surface area contributed by atoms with Crippen LogP contribution in [0.25, 0.3) is 0 Å². The summed E-state index contributed by atoms with van der Waals surface area (Å²) in [5.74, 6) is -0.873. The molecule has 0 amide bonds. The number of unbranched alkanes of at least 4 members (excludes halogenated alkanes) is 37. The third-order valence-electron chi connectivity index (χ3n) is 13.1. The van der Waals surface area contributed by atoms with Crippen molar-refractivity contribution in [1.29, 1.82) is 0 Å². The van der Waals surface area contributed by atoms with Crippen molar-refractivity contribution in [2.45, 2.75) is 322 Å². The largest absolute Gasteiger partial charge is 0.462 e. The molecule has 0 aliphatic rings. The molecule has 67 heavy (non-hydrogen) atoms. The molecule has 0 aromatic heterocycles. The van der Waals surface area contributed by atoms with Gasteiger partial charge in [-0.1, -0.05) is 263 Å².